The molecule has 0 aromatic heterocycles. The molecule has 0 radical (unpaired) electrons. The molecule has 2 rings (SSSR count). The van der Waals surface area contributed by atoms with Crippen molar-refractivity contribution in [1.82, 2.24) is 4.90 Å². The van der Waals surface area contributed by atoms with Crippen LogP contribution >= 0.6 is 0 Å². The Kier molecular flexibility index (Phi) is 2.13. The average molecular weight is 169 g/mol. The number of fused-ring (bicyclic) bond motifs is 2. The molecule has 0 aliphatic carbocycles. The number of piperidine rings is 1. The smallest absolute Gasteiger partial charge is 0.0570 e. The second kappa shape index (κ2) is 3.00. The standard InChI is InChI=1S/C10H19NO/c1-7(2)11-8-3-4-9(11)6-10(12)5-8/h7-10,12H,3-6H2,1-2H3/t8-,9+,10?. The molecular weight excluding hydrogens is 150 g/mol. The molecule has 2 bridgehead atoms. The Balaban J connectivity index is 2.09. The van der Waals surface area contributed by atoms with Crippen LogP contribution in [0.5, 0.6) is 0 Å². The van der Waals surface area contributed by atoms with E-state index in [-0.39, 0.29) is 6.10 Å². The second-order valence-electron chi connectivity index (χ2n) is 4.55. The van der Waals surface area contributed by atoms with Crippen LogP contribution in [0, 0.1) is 0 Å². The van der Waals surface area contributed by atoms with E-state index >= 15 is 0 Å². The molecule has 2 heterocycles. The van der Waals surface area contributed by atoms with Gasteiger partial charge in [-0.2, -0.15) is 0 Å². The highest BCUT2D eigenvalue weighted by Gasteiger charge is 2.40. The van der Waals surface area contributed by atoms with Crippen molar-refractivity contribution >= 4 is 0 Å². The predicted molar refractivity (Wildman–Crippen MR) is 49.0 cm³/mol. The van der Waals surface area contributed by atoms with Crippen molar-refractivity contribution in [3.05, 3.63) is 0 Å². The van der Waals surface area contributed by atoms with Gasteiger partial charge in [0.25, 0.3) is 0 Å². The summed E-state index contributed by atoms with van der Waals surface area (Å²) >= 11 is 0. The first-order valence-electron chi connectivity index (χ1n) is 5.14. The Morgan fingerprint density at radius 2 is 1.67 bits per heavy atom. The maximum absolute atomic E-state index is 9.56. The zero-order valence-electron chi connectivity index (χ0n) is 8.03. The monoisotopic (exact) mass is 169 g/mol. The zero-order chi connectivity index (χ0) is 8.72. The van der Waals surface area contributed by atoms with E-state index < -0.39 is 0 Å². The second-order valence-corrected chi connectivity index (χ2v) is 4.55. The molecule has 0 aromatic carbocycles. The minimum atomic E-state index is -0.0162. The molecule has 12 heavy (non-hydrogen) atoms. The van der Waals surface area contributed by atoms with Crippen molar-refractivity contribution in [1.29, 1.82) is 0 Å². The largest absolute Gasteiger partial charge is 0.393 e. The topological polar surface area (TPSA) is 23.5 Å². The van der Waals surface area contributed by atoms with Crippen LogP contribution in [0.3, 0.4) is 0 Å². The molecule has 2 nitrogen and oxygen atoms in total. The lowest BCUT2D eigenvalue weighted by atomic mass is 9.98. The summed E-state index contributed by atoms with van der Waals surface area (Å²) in [6, 6.07) is 2.02. The van der Waals surface area contributed by atoms with Crippen LogP contribution in [0.1, 0.15) is 39.5 Å². The number of aliphatic hydroxyl groups is 1. The summed E-state index contributed by atoms with van der Waals surface area (Å²) in [5.41, 5.74) is 0. The van der Waals surface area contributed by atoms with E-state index in [9.17, 15) is 5.11 Å². The van der Waals surface area contributed by atoms with E-state index in [1.807, 2.05) is 0 Å². The van der Waals surface area contributed by atoms with Gasteiger partial charge in [-0.25, -0.2) is 0 Å². The van der Waals surface area contributed by atoms with Crippen molar-refractivity contribution in [2.24, 2.45) is 0 Å². The summed E-state index contributed by atoms with van der Waals surface area (Å²) < 4.78 is 0. The lowest BCUT2D eigenvalue weighted by molar-refractivity contribution is 0.0187. The molecule has 0 spiro atoms. The van der Waals surface area contributed by atoms with Crippen LogP contribution in [-0.2, 0) is 0 Å². The van der Waals surface area contributed by atoms with Gasteiger partial charge >= 0.3 is 0 Å². The highest BCUT2D eigenvalue weighted by molar-refractivity contribution is 4.96. The summed E-state index contributed by atoms with van der Waals surface area (Å²) in [5.74, 6) is 0. The van der Waals surface area contributed by atoms with Gasteiger partial charge in [-0.1, -0.05) is 0 Å². The molecule has 1 N–H and O–H groups in total. The fourth-order valence-electron chi connectivity index (χ4n) is 3.03. The van der Waals surface area contributed by atoms with Gasteiger partial charge in [0, 0.05) is 18.1 Å². The fraction of sp³-hybridized carbons (Fsp3) is 1.00. The highest BCUT2D eigenvalue weighted by atomic mass is 16.3. The first-order valence-corrected chi connectivity index (χ1v) is 5.14. The van der Waals surface area contributed by atoms with Gasteiger partial charge in [-0.3, -0.25) is 4.90 Å². The summed E-state index contributed by atoms with van der Waals surface area (Å²) in [4.78, 5) is 2.60. The van der Waals surface area contributed by atoms with Crippen molar-refractivity contribution in [2.45, 2.75) is 63.8 Å². The van der Waals surface area contributed by atoms with E-state index in [4.69, 9.17) is 0 Å². The van der Waals surface area contributed by atoms with Gasteiger partial charge in [0.05, 0.1) is 6.10 Å². The van der Waals surface area contributed by atoms with Gasteiger partial charge in [0.1, 0.15) is 0 Å². The molecule has 1 unspecified atom stereocenters. The third-order valence-electron chi connectivity index (χ3n) is 3.36. The Hall–Kier alpha value is -0.0800. The Morgan fingerprint density at radius 3 is 2.08 bits per heavy atom. The normalized spacial score (nSPS) is 42.5. The SMILES string of the molecule is CC(C)N1[C@@H]2CC[C@H]1CC(O)C2. The molecule has 70 valence electrons. The molecule has 2 heteroatoms. The maximum atomic E-state index is 9.56. The summed E-state index contributed by atoms with van der Waals surface area (Å²) in [5, 5.41) is 9.56. The Bertz CT molecular complexity index is 155. The quantitative estimate of drug-likeness (QED) is 0.641. The third-order valence-corrected chi connectivity index (χ3v) is 3.36. The molecule has 0 aromatic rings. The zero-order valence-corrected chi connectivity index (χ0v) is 8.03. The van der Waals surface area contributed by atoms with E-state index in [0.717, 1.165) is 12.8 Å². The van der Waals surface area contributed by atoms with Crippen LogP contribution in [0.4, 0.5) is 0 Å². The minimum Gasteiger partial charge on any atom is -0.393 e. The van der Waals surface area contributed by atoms with E-state index in [1.54, 1.807) is 0 Å². The first kappa shape index (κ1) is 8.52. The first-order chi connectivity index (χ1) is 5.68. The highest BCUT2D eigenvalue weighted by Crippen LogP contribution is 2.36. The lowest BCUT2D eigenvalue weighted by Crippen LogP contribution is -2.48. The number of nitrogens with zero attached hydrogens (tertiary/aromatic N) is 1. The molecule has 3 atom stereocenters. The van der Waals surface area contributed by atoms with Crippen molar-refractivity contribution < 1.29 is 5.11 Å². The van der Waals surface area contributed by atoms with Gasteiger partial charge in [0.15, 0.2) is 0 Å². The summed E-state index contributed by atoms with van der Waals surface area (Å²) in [6.45, 7) is 4.53. The number of rotatable bonds is 1. The fourth-order valence-corrected chi connectivity index (χ4v) is 3.03. The average Bonchev–Trinajstić information content (AvgIpc) is 2.24. The van der Waals surface area contributed by atoms with Gasteiger partial charge in [0.2, 0.25) is 0 Å². The number of hydrogen-bond donors (Lipinski definition) is 1. The molecule has 2 saturated heterocycles. The number of hydrogen-bond acceptors (Lipinski definition) is 2. The van der Waals surface area contributed by atoms with E-state index in [2.05, 4.69) is 18.7 Å². The van der Waals surface area contributed by atoms with Crippen molar-refractivity contribution in [3.63, 3.8) is 0 Å². The molecule has 0 saturated carbocycles. The lowest BCUT2D eigenvalue weighted by Gasteiger charge is -2.39. The van der Waals surface area contributed by atoms with Crippen molar-refractivity contribution in [3.8, 4) is 0 Å². The Morgan fingerprint density at radius 1 is 1.17 bits per heavy atom. The van der Waals surface area contributed by atoms with Gasteiger partial charge in [-0.05, 0) is 39.5 Å². The van der Waals surface area contributed by atoms with Crippen LogP contribution in [-0.4, -0.2) is 34.2 Å². The summed E-state index contributed by atoms with van der Waals surface area (Å²) in [6.07, 6.45) is 4.61. The maximum Gasteiger partial charge on any atom is 0.0570 e. The van der Waals surface area contributed by atoms with Gasteiger partial charge in [-0.15, -0.1) is 0 Å². The van der Waals surface area contributed by atoms with Crippen LogP contribution < -0.4 is 0 Å². The predicted octanol–water partition coefficient (Wildman–Crippen LogP) is 1.38. The Labute approximate surface area is 74.6 Å². The van der Waals surface area contributed by atoms with Crippen molar-refractivity contribution in [2.75, 3.05) is 0 Å². The summed E-state index contributed by atoms with van der Waals surface area (Å²) in [7, 11) is 0. The van der Waals surface area contributed by atoms with Gasteiger partial charge < -0.3 is 5.11 Å². The van der Waals surface area contributed by atoms with Crippen LogP contribution in [0.15, 0.2) is 0 Å². The molecule has 2 fully saturated rings. The van der Waals surface area contributed by atoms with E-state index in [0.29, 0.717) is 18.1 Å². The van der Waals surface area contributed by atoms with Crippen LogP contribution in [0.2, 0.25) is 0 Å². The molecule has 2 aliphatic heterocycles. The minimum absolute atomic E-state index is 0.0162. The van der Waals surface area contributed by atoms with E-state index in [1.165, 1.54) is 12.8 Å². The molecule has 2 aliphatic rings. The molecular formula is C10H19NO. The molecule has 0 amide bonds. The number of aliphatic hydroxyl groups excluding tert-OH is 1. The van der Waals surface area contributed by atoms with Crippen LogP contribution in [0.25, 0.3) is 0 Å². The third kappa shape index (κ3) is 1.27.